The summed E-state index contributed by atoms with van der Waals surface area (Å²) in [5, 5.41) is 0. The third-order valence-corrected chi connectivity index (χ3v) is 7.44. The van der Waals surface area contributed by atoms with Gasteiger partial charge >= 0.3 is 5.97 Å². The Morgan fingerprint density at radius 1 is 1.03 bits per heavy atom. The van der Waals surface area contributed by atoms with Crippen LogP contribution in [0.25, 0.3) is 0 Å². The largest absolute Gasteiger partial charge is 0.465 e. The standard InChI is InChI=1S/C27H31BrO2S/c1-21-13-10-11-18-24(21)27(22-14-6-4-7-15-22,23-16-8-5-9-17-23)31-20-12-19-30-25(29)26(2,3)28/h4-9,11,14-18H,10,12-13,19-20H2,1-3H3. The monoisotopic (exact) mass is 498 g/mol. The molecular weight excluding hydrogens is 468 g/mol. The second-order valence-corrected chi connectivity index (χ2v) is 11.7. The highest BCUT2D eigenvalue weighted by Crippen LogP contribution is 2.51. The highest BCUT2D eigenvalue weighted by Gasteiger charge is 2.39. The van der Waals surface area contributed by atoms with E-state index in [1.165, 1.54) is 22.3 Å². The number of alkyl halides is 1. The molecule has 1 aliphatic rings. The van der Waals surface area contributed by atoms with E-state index in [1.54, 1.807) is 0 Å². The number of carbonyl (C=O) groups is 1. The second-order valence-electron chi connectivity index (χ2n) is 8.36. The minimum absolute atomic E-state index is 0.219. The van der Waals surface area contributed by atoms with E-state index in [1.807, 2.05) is 25.6 Å². The molecule has 0 N–H and O–H groups in total. The van der Waals surface area contributed by atoms with Crippen molar-refractivity contribution < 1.29 is 9.53 Å². The van der Waals surface area contributed by atoms with E-state index in [-0.39, 0.29) is 10.7 Å². The number of hydrogen-bond donors (Lipinski definition) is 0. The van der Waals surface area contributed by atoms with Gasteiger partial charge < -0.3 is 4.74 Å². The van der Waals surface area contributed by atoms with Crippen LogP contribution in [0.5, 0.6) is 0 Å². The Balaban J connectivity index is 1.93. The minimum Gasteiger partial charge on any atom is -0.465 e. The number of ether oxygens (including phenoxy) is 1. The molecule has 0 amide bonds. The number of carbonyl (C=O) groups excluding carboxylic acids is 1. The van der Waals surface area contributed by atoms with Crippen LogP contribution in [-0.2, 0) is 14.3 Å². The molecule has 31 heavy (non-hydrogen) atoms. The van der Waals surface area contributed by atoms with E-state index in [4.69, 9.17) is 4.74 Å². The number of halogens is 1. The van der Waals surface area contributed by atoms with Crippen LogP contribution >= 0.6 is 27.7 Å². The van der Waals surface area contributed by atoms with Crippen molar-refractivity contribution in [1.82, 2.24) is 0 Å². The van der Waals surface area contributed by atoms with Gasteiger partial charge in [-0.15, -0.1) is 11.8 Å². The van der Waals surface area contributed by atoms with E-state index in [0.717, 1.165) is 25.0 Å². The molecule has 0 aliphatic heterocycles. The zero-order valence-corrected chi connectivity index (χ0v) is 21.0. The van der Waals surface area contributed by atoms with Gasteiger partial charge in [0.15, 0.2) is 0 Å². The lowest BCUT2D eigenvalue weighted by Crippen LogP contribution is -2.29. The van der Waals surface area contributed by atoms with Crippen LogP contribution in [0.4, 0.5) is 0 Å². The molecule has 0 unspecified atom stereocenters. The van der Waals surface area contributed by atoms with Gasteiger partial charge in [0.25, 0.3) is 0 Å². The minimum atomic E-state index is -0.646. The molecule has 0 saturated heterocycles. The van der Waals surface area contributed by atoms with Gasteiger partial charge in [0.1, 0.15) is 4.32 Å². The van der Waals surface area contributed by atoms with Crippen molar-refractivity contribution >= 4 is 33.7 Å². The molecule has 1 aliphatic carbocycles. The Morgan fingerprint density at radius 3 is 2.13 bits per heavy atom. The van der Waals surface area contributed by atoms with Crippen molar-refractivity contribution in [2.45, 2.75) is 49.1 Å². The van der Waals surface area contributed by atoms with Crippen molar-refractivity contribution in [2.24, 2.45) is 0 Å². The molecule has 2 aromatic rings. The lowest BCUT2D eigenvalue weighted by atomic mass is 9.79. The molecule has 0 aromatic heterocycles. The maximum absolute atomic E-state index is 12.1. The van der Waals surface area contributed by atoms with Gasteiger partial charge in [0.2, 0.25) is 0 Å². The first kappa shape index (κ1) is 23.9. The van der Waals surface area contributed by atoms with E-state index >= 15 is 0 Å². The average Bonchev–Trinajstić information content (AvgIpc) is 2.77. The Labute approximate surface area is 199 Å². The molecule has 0 fully saturated rings. The summed E-state index contributed by atoms with van der Waals surface area (Å²) in [5.74, 6) is 0.661. The molecule has 164 valence electrons. The Morgan fingerprint density at radius 2 is 1.61 bits per heavy atom. The summed E-state index contributed by atoms with van der Waals surface area (Å²) in [6, 6.07) is 21.6. The van der Waals surface area contributed by atoms with Crippen LogP contribution in [-0.4, -0.2) is 22.7 Å². The van der Waals surface area contributed by atoms with Crippen LogP contribution in [0.15, 0.2) is 84.0 Å². The van der Waals surface area contributed by atoms with Gasteiger partial charge in [-0.2, -0.15) is 0 Å². The molecule has 0 spiro atoms. The molecule has 0 heterocycles. The highest BCUT2D eigenvalue weighted by atomic mass is 79.9. The van der Waals surface area contributed by atoms with E-state index in [9.17, 15) is 4.79 Å². The summed E-state index contributed by atoms with van der Waals surface area (Å²) in [6.07, 6.45) is 7.60. The van der Waals surface area contributed by atoms with Gasteiger partial charge in [-0.05, 0) is 62.5 Å². The normalized spacial score (nSPS) is 14.6. The lowest BCUT2D eigenvalue weighted by molar-refractivity contribution is -0.145. The number of thioether (sulfide) groups is 1. The Hall–Kier alpha value is -1.78. The fourth-order valence-electron chi connectivity index (χ4n) is 3.88. The quantitative estimate of drug-likeness (QED) is 0.204. The molecule has 0 saturated carbocycles. The molecular formula is C27H31BrO2S. The Bertz CT molecular complexity index is 887. The van der Waals surface area contributed by atoms with E-state index in [0.29, 0.717) is 6.61 Å². The SMILES string of the molecule is CC1=C(C(SCCCOC(=O)C(C)(C)Br)(c2ccccc2)c2ccccc2)C=CCC1. The molecule has 3 rings (SSSR count). The number of benzene rings is 2. The maximum atomic E-state index is 12.1. The van der Waals surface area contributed by atoms with Gasteiger partial charge in [-0.1, -0.05) is 94.3 Å². The fourth-order valence-corrected chi connectivity index (χ4v) is 5.57. The van der Waals surface area contributed by atoms with Gasteiger partial charge in [-0.25, -0.2) is 0 Å². The van der Waals surface area contributed by atoms with Crippen LogP contribution in [0.1, 0.15) is 51.2 Å². The zero-order chi connectivity index (χ0) is 22.3. The summed E-state index contributed by atoms with van der Waals surface area (Å²) in [4.78, 5) is 12.1. The van der Waals surface area contributed by atoms with E-state index in [2.05, 4.69) is 95.7 Å². The van der Waals surface area contributed by atoms with Crippen molar-refractivity contribution in [3.05, 3.63) is 95.1 Å². The Kier molecular flexibility index (Phi) is 8.23. The van der Waals surface area contributed by atoms with Gasteiger partial charge in [0.05, 0.1) is 11.4 Å². The molecule has 2 nitrogen and oxygen atoms in total. The summed E-state index contributed by atoms with van der Waals surface area (Å²) >= 11 is 5.30. The summed E-state index contributed by atoms with van der Waals surface area (Å²) in [5.41, 5.74) is 5.38. The smallest absolute Gasteiger partial charge is 0.322 e. The van der Waals surface area contributed by atoms with Crippen molar-refractivity contribution in [3.8, 4) is 0 Å². The van der Waals surface area contributed by atoms with Gasteiger partial charge in [0, 0.05) is 0 Å². The highest BCUT2D eigenvalue weighted by molar-refractivity contribution is 9.10. The molecule has 0 atom stereocenters. The topological polar surface area (TPSA) is 26.3 Å². The number of allylic oxidation sites excluding steroid dienone is 3. The average molecular weight is 500 g/mol. The van der Waals surface area contributed by atoms with Crippen LogP contribution < -0.4 is 0 Å². The number of rotatable bonds is 9. The lowest BCUT2D eigenvalue weighted by Gasteiger charge is -2.38. The molecule has 0 radical (unpaired) electrons. The maximum Gasteiger partial charge on any atom is 0.322 e. The predicted octanol–water partition coefficient (Wildman–Crippen LogP) is 7.44. The first-order valence-electron chi connectivity index (χ1n) is 10.8. The van der Waals surface area contributed by atoms with Crippen LogP contribution in [0, 0.1) is 0 Å². The first-order chi connectivity index (χ1) is 14.9. The fraction of sp³-hybridized carbons (Fsp3) is 0.370. The van der Waals surface area contributed by atoms with Crippen LogP contribution in [0.2, 0.25) is 0 Å². The third kappa shape index (κ3) is 5.72. The summed E-state index contributed by atoms with van der Waals surface area (Å²) < 4.78 is 4.54. The molecule has 4 heteroatoms. The van der Waals surface area contributed by atoms with Crippen molar-refractivity contribution in [1.29, 1.82) is 0 Å². The van der Waals surface area contributed by atoms with Crippen LogP contribution in [0.3, 0.4) is 0 Å². The number of esters is 1. The number of hydrogen-bond acceptors (Lipinski definition) is 3. The van der Waals surface area contributed by atoms with Crippen molar-refractivity contribution in [3.63, 3.8) is 0 Å². The van der Waals surface area contributed by atoms with Crippen molar-refractivity contribution in [2.75, 3.05) is 12.4 Å². The molecule has 2 aromatic carbocycles. The second kappa shape index (κ2) is 10.7. The first-order valence-corrected chi connectivity index (χ1v) is 12.6. The molecule has 0 bridgehead atoms. The van der Waals surface area contributed by atoms with Gasteiger partial charge in [-0.3, -0.25) is 4.79 Å². The third-order valence-electron chi connectivity index (χ3n) is 5.50. The summed E-state index contributed by atoms with van der Waals surface area (Å²) in [6.45, 7) is 6.31. The predicted molar refractivity (Wildman–Crippen MR) is 136 cm³/mol. The zero-order valence-electron chi connectivity index (χ0n) is 18.6. The summed E-state index contributed by atoms with van der Waals surface area (Å²) in [7, 11) is 0. The van der Waals surface area contributed by atoms with E-state index < -0.39 is 4.32 Å².